The summed E-state index contributed by atoms with van der Waals surface area (Å²) >= 11 is 18.9. The second kappa shape index (κ2) is 2.24. The van der Waals surface area contributed by atoms with Crippen molar-refractivity contribution in [2.75, 3.05) is 0 Å². The van der Waals surface area contributed by atoms with Crippen LogP contribution in [0.25, 0.3) is 0 Å². The van der Waals surface area contributed by atoms with Crippen LogP contribution < -0.4 is 0 Å². The molecule has 0 aromatic heterocycles. The molecule has 8 heavy (non-hydrogen) atoms. The molecule has 0 saturated carbocycles. The average Bonchev–Trinajstić information content (AvgIpc) is 1.20. The second-order valence-corrected chi connectivity index (χ2v) is 25.5. The van der Waals surface area contributed by atoms with Gasteiger partial charge in [-0.05, 0) is 11.3 Å². The van der Waals surface area contributed by atoms with Crippen molar-refractivity contribution < 1.29 is 0 Å². The average molecular weight is 315 g/mol. The van der Waals surface area contributed by atoms with Crippen molar-refractivity contribution in [2.24, 2.45) is 0 Å². The Kier molecular flexibility index (Phi) is 2.26. The van der Waals surface area contributed by atoms with Gasteiger partial charge in [0.25, 0.3) is 0 Å². The molecule has 0 aliphatic carbocycles. The third-order valence-corrected chi connectivity index (χ3v) is 24.2. The van der Waals surface area contributed by atoms with E-state index in [-0.39, 0.29) is 0 Å². The first kappa shape index (κ1) is 8.07. The fourth-order valence-corrected chi connectivity index (χ4v) is 43.4. The third kappa shape index (κ3) is 1.99. The number of rotatable bonds is 0. The van der Waals surface area contributed by atoms with Crippen LogP contribution in [0.15, 0.2) is 0 Å². The third-order valence-electron chi connectivity index (χ3n) is 1.03. The fourth-order valence-electron chi connectivity index (χ4n) is 0.705. The van der Waals surface area contributed by atoms with E-state index in [0.29, 0.717) is 0 Å². The van der Waals surface area contributed by atoms with E-state index >= 15 is 0 Å². The topological polar surface area (TPSA) is 0 Å². The van der Waals surface area contributed by atoms with Gasteiger partial charge >= 0.3 is 0 Å². The van der Waals surface area contributed by atoms with Gasteiger partial charge in [0.05, 0.1) is 0 Å². The van der Waals surface area contributed by atoms with E-state index < -0.39 is 12.0 Å². The van der Waals surface area contributed by atoms with Gasteiger partial charge in [-0.1, -0.05) is 0 Å². The van der Waals surface area contributed by atoms with E-state index in [1.807, 2.05) is 0 Å². The predicted octanol–water partition coefficient (Wildman–Crippen LogP) is 3.23. The molecule has 0 amide bonds. The van der Waals surface area contributed by atoms with E-state index in [4.69, 9.17) is 22.2 Å². The summed E-state index contributed by atoms with van der Waals surface area (Å²) in [5, 5.41) is -1.16. The predicted molar refractivity (Wildman–Crippen MR) is 50.7 cm³/mol. The summed E-state index contributed by atoms with van der Waals surface area (Å²) in [6, 6.07) is 0. The zero-order valence-corrected chi connectivity index (χ0v) is 10.6. The summed E-state index contributed by atoms with van der Waals surface area (Å²) < 4.78 is 0. The minimum absolute atomic E-state index is 1.04. The van der Waals surface area contributed by atoms with Crippen molar-refractivity contribution in [3.05, 3.63) is 0 Å². The molecule has 1 heterocycles. The number of halogens is 4. The number of hydrogen-bond acceptors (Lipinski definition) is 0. The summed E-state index contributed by atoms with van der Waals surface area (Å²) in [6.07, 6.45) is 0. The van der Waals surface area contributed by atoms with E-state index in [0.717, 1.165) is 11.3 Å². The Morgan fingerprint density at radius 1 is 1.12 bits per heavy atom. The molecular formula is C2H4Br2Cl2Si2. The van der Waals surface area contributed by atoms with Gasteiger partial charge in [-0.3, -0.25) is 0 Å². The summed E-state index contributed by atoms with van der Waals surface area (Å²) in [4.78, 5) is 0. The van der Waals surface area contributed by atoms with Crippen LogP contribution in [0.2, 0.25) is 11.3 Å². The highest BCUT2D eigenvalue weighted by atomic mass is 79.9. The summed E-state index contributed by atoms with van der Waals surface area (Å²) in [5.74, 6) is 0. The lowest BCUT2D eigenvalue weighted by Gasteiger charge is -2.37. The van der Waals surface area contributed by atoms with Crippen LogP contribution in [0, 0.1) is 0 Å². The minimum atomic E-state index is -1.67. The lowest BCUT2D eigenvalue weighted by Crippen LogP contribution is -2.48. The smallest absolute Gasteiger partial charge is 0.146 e. The molecule has 0 aromatic carbocycles. The maximum absolute atomic E-state index is 5.87. The van der Waals surface area contributed by atoms with Gasteiger partial charge in [0.1, 0.15) is 0 Å². The molecule has 1 aliphatic heterocycles. The monoisotopic (exact) mass is 312 g/mol. The van der Waals surface area contributed by atoms with Crippen molar-refractivity contribution >= 4 is 64.7 Å². The Balaban J connectivity index is 2.42. The molecule has 1 saturated heterocycles. The van der Waals surface area contributed by atoms with Crippen LogP contribution in [-0.2, 0) is 0 Å². The first-order valence-corrected chi connectivity index (χ1v) is 13.5. The Morgan fingerprint density at radius 3 is 1.50 bits per heavy atom. The van der Waals surface area contributed by atoms with Crippen LogP contribution in [-0.4, -0.2) is 12.0 Å². The first-order chi connectivity index (χ1) is 3.41. The maximum Gasteiger partial charge on any atom is 0.249 e. The molecule has 0 aromatic rings. The van der Waals surface area contributed by atoms with Crippen molar-refractivity contribution in [3.63, 3.8) is 0 Å². The second-order valence-electron chi connectivity index (χ2n) is 2.07. The van der Waals surface area contributed by atoms with E-state index in [1.54, 1.807) is 0 Å². The van der Waals surface area contributed by atoms with Crippen LogP contribution in [0.3, 0.4) is 0 Å². The molecule has 0 N–H and O–H groups in total. The summed E-state index contributed by atoms with van der Waals surface area (Å²) in [5.41, 5.74) is 2.09. The molecule has 0 atom stereocenters. The Hall–Kier alpha value is 1.97. The number of hydrogen-bond donors (Lipinski definition) is 0. The highest BCUT2D eigenvalue weighted by Crippen LogP contribution is 2.52. The minimum Gasteiger partial charge on any atom is -0.146 e. The maximum atomic E-state index is 5.87. The molecule has 0 unspecified atom stereocenters. The summed E-state index contributed by atoms with van der Waals surface area (Å²) in [6.45, 7) is -1.67. The molecule has 48 valence electrons. The lowest BCUT2D eigenvalue weighted by molar-refractivity contribution is 1.63. The van der Waals surface area contributed by atoms with Gasteiger partial charge < -0.3 is 0 Å². The van der Waals surface area contributed by atoms with Crippen LogP contribution in [0.5, 0.6) is 0 Å². The molecule has 6 heteroatoms. The Labute approximate surface area is 75.5 Å². The zero-order chi connectivity index (χ0) is 6.41. The zero-order valence-electron chi connectivity index (χ0n) is 3.93. The molecule has 1 aliphatic rings. The van der Waals surface area contributed by atoms with Crippen molar-refractivity contribution in [1.82, 2.24) is 0 Å². The Morgan fingerprint density at radius 2 is 1.50 bits per heavy atom. The highest BCUT2D eigenvalue weighted by molar-refractivity contribution is 9.51. The van der Waals surface area contributed by atoms with Gasteiger partial charge in [0.15, 0.2) is 0 Å². The quantitative estimate of drug-likeness (QED) is 0.476. The lowest BCUT2D eigenvalue weighted by atomic mass is 11.8. The normalized spacial score (nSPS) is 31.5. The SMILES string of the molecule is Cl[Si]1(Cl)C[Si](Br)(Br)C1. The van der Waals surface area contributed by atoms with Crippen molar-refractivity contribution in [2.45, 2.75) is 11.3 Å². The van der Waals surface area contributed by atoms with E-state index in [2.05, 4.69) is 30.6 Å². The Bertz CT molecular complexity index is 92.6. The summed E-state index contributed by atoms with van der Waals surface area (Å²) in [7, 11) is 0. The van der Waals surface area contributed by atoms with Crippen LogP contribution >= 0.6 is 52.7 Å². The molecule has 1 fully saturated rings. The highest BCUT2D eigenvalue weighted by Gasteiger charge is 2.54. The first-order valence-electron chi connectivity index (χ1n) is 2.17. The van der Waals surface area contributed by atoms with Gasteiger partial charge in [-0.25, -0.2) is 0 Å². The van der Waals surface area contributed by atoms with E-state index in [1.165, 1.54) is 0 Å². The largest absolute Gasteiger partial charge is 0.249 e. The molecule has 1 rings (SSSR count). The fraction of sp³-hybridized carbons (Fsp3) is 1.00. The standard InChI is InChI=1S/C2H4Br2Cl2Si2/c3-7(4)1-8(5,6)2-7/h1-2H2. The van der Waals surface area contributed by atoms with Crippen LogP contribution in [0.4, 0.5) is 0 Å². The molecular weight excluding hydrogens is 311 g/mol. The van der Waals surface area contributed by atoms with Gasteiger partial charge in [-0.15, -0.1) is 52.7 Å². The van der Waals surface area contributed by atoms with Crippen molar-refractivity contribution in [3.8, 4) is 0 Å². The van der Waals surface area contributed by atoms with Crippen molar-refractivity contribution in [1.29, 1.82) is 0 Å². The van der Waals surface area contributed by atoms with E-state index in [9.17, 15) is 0 Å². The molecule has 0 nitrogen and oxygen atoms in total. The van der Waals surface area contributed by atoms with Gasteiger partial charge in [-0.2, -0.15) is 0 Å². The molecule has 0 spiro atoms. The molecule has 0 bridgehead atoms. The molecule has 0 radical (unpaired) electrons. The van der Waals surface area contributed by atoms with Gasteiger partial charge in [0, 0.05) is 0 Å². The van der Waals surface area contributed by atoms with Gasteiger partial charge in [0.2, 0.25) is 12.0 Å². The van der Waals surface area contributed by atoms with Crippen LogP contribution in [0.1, 0.15) is 0 Å².